The summed E-state index contributed by atoms with van der Waals surface area (Å²) < 4.78 is 5.59. The van der Waals surface area contributed by atoms with Crippen molar-refractivity contribution in [2.75, 3.05) is 6.61 Å². The van der Waals surface area contributed by atoms with E-state index in [-0.39, 0.29) is 24.5 Å². The van der Waals surface area contributed by atoms with E-state index in [1.54, 1.807) is 6.92 Å². The molecule has 2 aromatic rings. The fraction of sp³-hybridized carbons (Fsp3) is 0.400. The van der Waals surface area contributed by atoms with E-state index in [1.165, 1.54) is 0 Å². The van der Waals surface area contributed by atoms with Crippen LogP contribution >= 0.6 is 0 Å². The van der Waals surface area contributed by atoms with Crippen LogP contribution in [0.1, 0.15) is 49.7 Å². The van der Waals surface area contributed by atoms with E-state index in [0.717, 1.165) is 28.7 Å². The number of fused-ring (bicyclic) bond motifs is 3. The van der Waals surface area contributed by atoms with Gasteiger partial charge in [0.15, 0.2) is 0 Å². The normalized spacial score (nSPS) is 20.2. The number of carbonyl (C=O) groups is 3. The Morgan fingerprint density at radius 2 is 1.66 bits per heavy atom. The van der Waals surface area contributed by atoms with E-state index in [9.17, 15) is 19.5 Å². The Morgan fingerprint density at radius 1 is 1.03 bits per heavy atom. The van der Waals surface area contributed by atoms with Crippen LogP contribution in [0.25, 0.3) is 11.1 Å². The summed E-state index contributed by atoms with van der Waals surface area (Å²) >= 11 is 0. The summed E-state index contributed by atoms with van der Waals surface area (Å²) in [6.07, 6.45) is 1.80. The van der Waals surface area contributed by atoms with Gasteiger partial charge in [0.05, 0.1) is 5.92 Å². The molecule has 0 radical (unpaired) electrons. The molecule has 0 aliphatic heterocycles. The molecule has 168 valence electrons. The molecular weight excluding hydrogens is 408 g/mol. The number of amides is 2. The molecule has 7 nitrogen and oxygen atoms in total. The summed E-state index contributed by atoms with van der Waals surface area (Å²) in [5.41, 5.74) is 4.60. The van der Waals surface area contributed by atoms with Gasteiger partial charge >= 0.3 is 12.1 Å². The van der Waals surface area contributed by atoms with Crippen molar-refractivity contribution in [1.29, 1.82) is 0 Å². The molecule has 1 fully saturated rings. The number of hydrogen-bond donors (Lipinski definition) is 3. The van der Waals surface area contributed by atoms with E-state index in [0.29, 0.717) is 19.3 Å². The van der Waals surface area contributed by atoms with Crippen LogP contribution in [0.3, 0.4) is 0 Å². The zero-order chi connectivity index (χ0) is 22.7. The van der Waals surface area contributed by atoms with Crippen molar-refractivity contribution < 1.29 is 24.2 Å². The Hall–Kier alpha value is -3.35. The number of carboxylic acids is 1. The number of ether oxygens (including phenoxy) is 1. The van der Waals surface area contributed by atoms with Gasteiger partial charge in [-0.05, 0) is 41.5 Å². The van der Waals surface area contributed by atoms with Crippen LogP contribution in [-0.4, -0.2) is 41.8 Å². The van der Waals surface area contributed by atoms with Gasteiger partial charge in [-0.15, -0.1) is 0 Å². The van der Waals surface area contributed by atoms with Crippen LogP contribution in [0, 0.1) is 5.92 Å². The van der Waals surface area contributed by atoms with E-state index >= 15 is 0 Å². The van der Waals surface area contributed by atoms with Crippen molar-refractivity contribution in [3.63, 3.8) is 0 Å². The highest BCUT2D eigenvalue weighted by molar-refractivity contribution is 5.86. The minimum atomic E-state index is -1.06. The van der Waals surface area contributed by atoms with Gasteiger partial charge in [-0.2, -0.15) is 0 Å². The number of aliphatic carboxylic acids is 1. The summed E-state index contributed by atoms with van der Waals surface area (Å²) in [7, 11) is 0. The standard InChI is InChI=1S/C25H28N2O5/c1-2-21(24(29)30)26-23(28)19-12-7-13-22(19)27-25(31)32-14-20-17-10-5-3-8-15(17)16-9-4-6-11-18(16)20/h3-6,8-11,19-22H,2,7,12-14H2,1H3,(H,26,28)(H,27,31)(H,29,30)/t19?,21-,22?/m1/s1. The van der Waals surface area contributed by atoms with Gasteiger partial charge in [0.25, 0.3) is 0 Å². The average Bonchev–Trinajstić information content (AvgIpc) is 3.38. The van der Waals surface area contributed by atoms with E-state index in [4.69, 9.17) is 4.74 Å². The molecule has 3 N–H and O–H groups in total. The third-order valence-electron chi connectivity index (χ3n) is 6.52. The van der Waals surface area contributed by atoms with Crippen LogP contribution in [0.5, 0.6) is 0 Å². The van der Waals surface area contributed by atoms with Gasteiger partial charge in [-0.3, -0.25) is 4.79 Å². The SMILES string of the molecule is CC[C@@H](NC(=O)C1CCCC1NC(=O)OCC1c2ccccc2-c2ccccc21)C(=O)O. The highest BCUT2D eigenvalue weighted by atomic mass is 16.5. The summed E-state index contributed by atoms with van der Waals surface area (Å²) in [6.45, 7) is 1.92. The molecule has 0 aromatic heterocycles. The van der Waals surface area contributed by atoms with Crippen molar-refractivity contribution in [2.24, 2.45) is 5.92 Å². The molecule has 0 bridgehead atoms. The second-order valence-corrected chi connectivity index (χ2v) is 8.42. The fourth-order valence-corrected chi connectivity index (χ4v) is 4.86. The quantitative estimate of drug-likeness (QED) is 0.614. The lowest BCUT2D eigenvalue weighted by molar-refractivity contribution is -0.142. The van der Waals surface area contributed by atoms with E-state index in [1.807, 2.05) is 24.3 Å². The lowest BCUT2D eigenvalue weighted by atomic mass is 9.98. The number of carboxylic acid groups (broad SMARTS) is 1. The molecule has 2 aromatic carbocycles. The zero-order valence-electron chi connectivity index (χ0n) is 18.0. The lowest BCUT2D eigenvalue weighted by Crippen LogP contribution is -2.48. The molecule has 2 unspecified atom stereocenters. The van der Waals surface area contributed by atoms with Crippen molar-refractivity contribution in [3.05, 3.63) is 59.7 Å². The number of rotatable bonds is 7. The zero-order valence-corrected chi connectivity index (χ0v) is 18.0. The Morgan fingerprint density at radius 3 is 2.25 bits per heavy atom. The predicted molar refractivity (Wildman–Crippen MR) is 119 cm³/mol. The monoisotopic (exact) mass is 436 g/mol. The highest BCUT2D eigenvalue weighted by Crippen LogP contribution is 2.44. The molecular formula is C25H28N2O5. The maximum Gasteiger partial charge on any atom is 0.407 e. The summed E-state index contributed by atoms with van der Waals surface area (Å²) in [5, 5.41) is 14.6. The summed E-state index contributed by atoms with van der Waals surface area (Å²) in [4.78, 5) is 36.4. The van der Waals surface area contributed by atoms with Gasteiger partial charge in [0.2, 0.25) is 5.91 Å². The van der Waals surface area contributed by atoms with Gasteiger partial charge in [-0.25, -0.2) is 9.59 Å². The Bertz CT molecular complexity index is 975. The molecule has 7 heteroatoms. The number of hydrogen-bond acceptors (Lipinski definition) is 4. The number of alkyl carbamates (subject to hydrolysis) is 1. The van der Waals surface area contributed by atoms with Crippen molar-refractivity contribution in [1.82, 2.24) is 10.6 Å². The van der Waals surface area contributed by atoms with Gasteiger partial charge in [-0.1, -0.05) is 61.9 Å². The molecule has 32 heavy (non-hydrogen) atoms. The Balaban J connectivity index is 1.37. The van der Waals surface area contributed by atoms with Crippen LogP contribution in [-0.2, 0) is 14.3 Å². The Kier molecular flexibility index (Phi) is 6.44. The maximum atomic E-state index is 12.6. The van der Waals surface area contributed by atoms with Crippen molar-refractivity contribution >= 4 is 18.0 Å². The highest BCUT2D eigenvalue weighted by Gasteiger charge is 2.36. The molecule has 2 aliphatic rings. The second-order valence-electron chi connectivity index (χ2n) is 8.42. The van der Waals surface area contributed by atoms with Gasteiger partial charge < -0.3 is 20.5 Å². The fourth-order valence-electron chi connectivity index (χ4n) is 4.86. The summed E-state index contributed by atoms with van der Waals surface area (Å²) in [5.74, 6) is -1.87. The molecule has 2 amide bonds. The lowest BCUT2D eigenvalue weighted by Gasteiger charge is -2.22. The van der Waals surface area contributed by atoms with Crippen molar-refractivity contribution in [3.8, 4) is 11.1 Å². The van der Waals surface area contributed by atoms with Crippen LogP contribution < -0.4 is 10.6 Å². The smallest absolute Gasteiger partial charge is 0.407 e. The minimum Gasteiger partial charge on any atom is -0.480 e. The maximum absolute atomic E-state index is 12.6. The molecule has 1 saturated carbocycles. The third-order valence-corrected chi connectivity index (χ3v) is 6.52. The predicted octanol–water partition coefficient (Wildman–Crippen LogP) is 3.67. The first kappa shape index (κ1) is 21.9. The Labute approximate surface area is 187 Å². The molecule has 0 spiro atoms. The van der Waals surface area contributed by atoms with Gasteiger partial charge in [0.1, 0.15) is 12.6 Å². The first-order chi connectivity index (χ1) is 15.5. The van der Waals surface area contributed by atoms with Crippen LogP contribution in [0.15, 0.2) is 48.5 Å². The van der Waals surface area contributed by atoms with E-state index < -0.39 is 24.0 Å². The molecule has 3 atom stereocenters. The number of carbonyl (C=O) groups excluding carboxylic acids is 2. The second kappa shape index (κ2) is 9.42. The number of nitrogens with one attached hydrogen (secondary N) is 2. The molecule has 0 heterocycles. The average molecular weight is 437 g/mol. The summed E-state index contributed by atoms with van der Waals surface area (Å²) in [6, 6.07) is 15.0. The largest absolute Gasteiger partial charge is 0.480 e. The van der Waals surface area contributed by atoms with Crippen LogP contribution in [0.2, 0.25) is 0 Å². The minimum absolute atomic E-state index is 0.0308. The number of benzene rings is 2. The van der Waals surface area contributed by atoms with Crippen molar-refractivity contribution in [2.45, 2.75) is 50.6 Å². The van der Waals surface area contributed by atoms with E-state index in [2.05, 4.69) is 34.9 Å². The van der Waals surface area contributed by atoms with Crippen LogP contribution in [0.4, 0.5) is 4.79 Å². The van der Waals surface area contributed by atoms with Gasteiger partial charge in [0, 0.05) is 12.0 Å². The molecule has 4 rings (SSSR count). The topological polar surface area (TPSA) is 105 Å². The first-order valence-electron chi connectivity index (χ1n) is 11.1. The molecule has 2 aliphatic carbocycles. The first-order valence-corrected chi connectivity index (χ1v) is 11.1. The molecule has 0 saturated heterocycles. The third kappa shape index (κ3) is 4.33.